The third-order valence-electron chi connectivity index (χ3n) is 8.86. The van der Waals surface area contributed by atoms with E-state index in [1.165, 1.54) is 0 Å². The molecule has 7 rings (SSSR count). The molecule has 2 atom stereocenters. The van der Waals surface area contributed by atoms with E-state index in [1.54, 1.807) is 11.8 Å². The molecule has 8 nitrogen and oxygen atoms in total. The molecule has 3 aliphatic rings. The van der Waals surface area contributed by atoms with Crippen LogP contribution in [-0.4, -0.2) is 64.3 Å². The average Bonchev–Trinajstić information content (AvgIpc) is 3.61. The Bertz CT molecular complexity index is 1870. The third-order valence-corrected chi connectivity index (χ3v) is 9.75. The van der Waals surface area contributed by atoms with E-state index in [0.29, 0.717) is 13.0 Å². The van der Waals surface area contributed by atoms with Crippen molar-refractivity contribution in [3.05, 3.63) is 35.4 Å². The fourth-order valence-electron chi connectivity index (χ4n) is 6.84. The molecule has 2 N–H and O–H groups in total. The van der Waals surface area contributed by atoms with E-state index in [2.05, 4.69) is 21.0 Å². The van der Waals surface area contributed by atoms with Crippen molar-refractivity contribution in [3.63, 3.8) is 0 Å². The van der Waals surface area contributed by atoms with E-state index in [-0.39, 0.29) is 70.8 Å². The van der Waals surface area contributed by atoms with Crippen LogP contribution in [-0.2, 0) is 6.18 Å². The van der Waals surface area contributed by atoms with Crippen LogP contribution in [0.5, 0.6) is 6.01 Å². The van der Waals surface area contributed by atoms with E-state index in [9.17, 15) is 27.2 Å². The van der Waals surface area contributed by atoms with Crippen molar-refractivity contribution >= 4 is 43.4 Å². The Balaban J connectivity index is 1.42. The first-order valence-electron chi connectivity index (χ1n) is 14.0. The number of ether oxygens (including phenoxy) is 1. The minimum Gasteiger partial charge on any atom is -0.461 e. The highest BCUT2D eigenvalue weighted by atomic mass is 32.1. The van der Waals surface area contributed by atoms with Crippen LogP contribution >= 0.6 is 11.3 Å². The largest absolute Gasteiger partial charge is 0.461 e. The SMILES string of the molecule is CC1(C#N)CN(c2nc(OC[C@@]34CCCN3C[C@H](F)C4)nc3c(F)c(-c4ccc(F)c5sc(N)nc45)c(C(F)(F)F)cc23)C1. The van der Waals surface area contributed by atoms with Gasteiger partial charge in [-0.15, -0.1) is 0 Å². The van der Waals surface area contributed by atoms with Crippen LogP contribution in [0.15, 0.2) is 18.2 Å². The lowest BCUT2D eigenvalue weighted by molar-refractivity contribution is -0.137. The number of anilines is 2. The van der Waals surface area contributed by atoms with Gasteiger partial charge in [0, 0.05) is 42.6 Å². The standard InChI is InChI=1S/C29H25F6N7OS/c1-27(10-36)11-41(12-27)24-16-7-17(29(33,34)35)19(15-3-4-18(31)23-22(15)38-25(37)44-23)20(32)21(16)39-26(40-24)43-13-28-5-2-6-42(28)9-14(30)8-28/h3-4,7,14H,2,5-6,8-9,11-13H2,1H3,(H2,37,38)/t14-,28+/m1/s1. The van der Waals surface area contributed by atoms with Crippen molar-refractivity contribution in [1.29, 1.82) is 5.26 Å². The number of hydrogen-bond donors (Lipinski definition) is 1. The highest BCUT2D eigenvalue weighted by Gasteiger charge is 2.49. The second-order valence-corrected chi connectivity index (χ2v) is 13.1. The number of halogens is 6. The molecule has 230 valence electrons. The predicted octanol–water partition coefficient (Wildman–Crippen LogP) is 6.09. The maximum atomic E-state index is 16.6. The highest BCUT2D eigenvalue weighted by Crippen LogP contribution is 2.47. The van der Waals surface area contributed by atoms with Crippen molar-refractivity contribution in [2.45, 2.75) is 44.1 Å². The lowest BCUT2D eigenvalue weighted by Gasteiger charge is -2.44. The molecule has 0 spiro atoms. The van der Waals surface area contributed by atoms with Crippen LogP contribution in [0.25, 0.3) is 32.2 Å². The average molecular weight is 634 g/mol. The van der Waals surface area contributed by atoms with Gasteiger partial charge in [0.1, 0.15) is 29.9 Å². The van der Waals surface area contributed by atoms with E-state index in [4.69, 9.17) is 10.5 Å². The zero-order chi connectivity index (χ0) is 31.2. The van der Waals surface area contributed by atoms with Gasteiger partial charge in [0.2, 0.25) is 0 Å². The molecule has 3 aliphatic heterocycles. The van der Waals surface area contributed by atoms with Crippen LogP contribution < -0.4 is 15.4 Å². The van der Waals surface area contributed by atoms with Gasteiger partial charge in [0.05, 0.1) is 32.8 Å². The van der Waals surface area contributed by atoms with Crippen LogP contribution in [0.4, 0.5) is 37.3 Å². The lowest BCUT2D eigenvalue weighted by atomic mass is 9.83. The van der Waals surface area contributed by atoms with Crippen molar-refractivity contribution in [3.8, 4) is 23.2 Å². The Kier molecular flexibility index (Phi) is 6.43. The molecule has 0 radical (unpaired) electrons. The van der Waals surface area contributed by atoms with Gasteiger partial charge >= 0.3 is 12.2 Å². The second-order valence-electron chi connectivity index (χ2n) is 12.1. The molecule has 44 heavy (non-hydrogen) atoms. The summed E-state index contributed by atoms with van der Waals surface area (Å²) < 4.78 is 95.3. The number of nitrogens with two attached hydrogens (primary N) is 1. The molecule has 0 aliphatic carbocycles. The summed E-state index contributed by atoms with van der Waals surface area (Å²) in [5, 5.41) is 9.21. The molecule has 3 saturated heterocycles. The molecule has 0 bridgehead atoms. The number of aromatic nitrogens is 3. The number of alkyl halides is 4. The van der Waals surface area contributed by atoms with Gasteiger partial charge in [-0.25, -0.2) is 18.2 Å². The molecule has 0 amide bonds. The van der Waals surface area contributed by atoms with Gasteiger partial charge in [-0.3, -0.25) is 4.90 Å². The Morgan fingerprint density at radius 2 is 1.95 bits per heavy atom. The summed E-state index contributed by atoms with van der Waals surface area (Å²) in [5.41, 5.74) is 1.23. The Labute approximate surface area is 251 Å². The first-order valence-corrected chi connectivity index (χ1v) is 14.8. The number of fused-ring (bicyclic) bond motifs is 3. The lowest BCUT2D eigenvalue weighted by Crippen LogP contribution is -2.54. The summed E-state index contributed by atoms with van der Waals surface area (Å²) in [7, 11) is 0. The second kappa shape index (κ2) is 9.80. The number of nitriles is 1. The topological polar surface area (TPSA) is 104 Å². The maximum absolute atomic E-state index is 16.6. The quantitative estimate of drug-likeness (QED) is 0.264. The molecule has 4 aromatic rings. The van der Waals surface area contributed by atoms with Gasteiger partial charge in [-0.05, 0) is 44.5 Å². The minimum absolute atomic E-state index is 0.0140. The van der Waals surface area contributed by atoms with Gasteiger partial charge in [0.25, 0.3) is 0 Å². The van der Waals surface area contributed by atoms with Gasteiger partial charge in [0.15, 0.2) is 10.9 Å². The highest BCUT2D eigenvalue weighted by molar-refractivity contribution is 7.22. The predicted molar refractivity (Wildman–Crippen MR) is 152 cm³/mol. The van der Waals surface area contributed by atoms with Crippen molar-refractivity contribution < 1.29 is 31.1 Å². The summed E-state index contributed by atoms with van der Waals surface area (Å²) in [4.78, 5) is 16.2. The summed E-state index contributed by atoms with van der Waals surface area (Å²) >= 11 is 0.736. The fraction of sp³-hybridized carbons (Fsp3) is 0.448. The van der Waals surface area contributed by atoms with E-state index >= 15 is 4.39 Å². The maximum Gasteiger partial charge on any atom is 0.417 e. The van der Waals surface area contributed by atoms with E-state index in [0.717, 1.165) is 36.0 Å². The first-order chi connectivity index (χ1) is 20.8. The molecule has 3 fully saturated rings. The van der Waals surface area contributed by atoms with Crippen LogP contribution in [0.2, 0.25) is 0 Å². The zero-order valence-corrected chi connectivity index (χ0v) is 24.1. The Morgan fingerprint density at radius 1 is 1.18 bits per heavy atom. The van der Waals surface area contributed by atoms with Crippen molar-refractivity contribution in [1.82, 2.24) is 19.9 Å². The molecule has 15 heteroatoms. The van der Waals surface area contributed by atoms with Crippen LogP contribution in [0.3, 0.4) is 0 Å². The van der Waals surface area contributed by atoms with Crippen molar-refractivity contribution in [2.75, 3.05) is 43.4 Å². The Hall–Kier alpha value is -3.90. The van der Waals surface area contributed by atoms with Gasteiger partial charge in [-0.2, -0.15) is 28.4 Å². The van der Waals surface area contributed by atoms with Crippen molar-refractivity contribution in [2.24, 2.45) is 5.41 Å². The summed E-state index contributed by atoms with van der Waals surface area (Å²) in [6, 6.07) is 4.63. The number of nitrogens with zero attached hydrogens (tertiary/aromatic N) is 6. The number of rotatable bonds is 5. The molecule has 0 unspecified atom stereocenters. The molecular formula is C29H25F6N7OS. The molecular weight excluding hydrogens is 608 g/mol. The number of hydrogen-bond acceptors (Lipinski definition) is 9. The van der Waals surface area contributed by atoms with Crippen LogP contribution in [0.1, 0.15) is 31.7 Å². The first kappa shape index (κ1) is 28.8. The summed E-state index contributed by atoms with van der Waals surface area (Å²) in [6.45, 7) is 2.97. The van der Waals surface area contributed by atoms with E-state index < -0.39 is 51.6 Å². The molecule has 0 saturated carbocycles. The van der Waals surface area contributed by atoms with Crippen LogP contribution in [0, 0.1) is 28.4 Å². The van der Waals surface area contributed by atoms with Gasteiger partial charge < -0.3 is 15.4 Å². The number of nitrogen functional groups attached to an aromatic ring is 1. The summed E-state index contributed by atoms with van der Waals surface area (Å²) in [6.07, 6.45) is -4.27. The normalized spacial score (nSPS) is 23.2. The molecule has 2 aromatic carbocycles. The monoisotopic (exact) mass is 633 g/mol. The third kappa shape index (κ3) is 4.49. The smallest absolute Gasteiger partial charge is 0.417 e. The molecule has 5 heterocycles. The van der Waals surface area contributed by atoms with Gasteiger partial charge in [-0.1, -0.05) is 11.3 Å². The summed E-state index contributed by atoms with van der Waals surface area (Å²) in [5.74, 6) is -2.10. The number of benzene rings is 2. The van der Waals surface area contributed by atoms with E-state index in [1.807, 2.05) is 4.90 Å². The Morgan fingerprint density at radius 3 is 2.68 bits per heavy atom. The minimum atomic E-state index is -5.04. The fourth-order valence-corrected chi connectivity index (χ4v) is 7.61. The molecule has 2 aromatic heterocycles. The zero-order valence-electron chi connectivity index (χ0n) is 23.3. The number of thiazole rings is 1.